The van der Waals surface area contributed by atoms with Crippen LogP contribution in [0.25, 0.3) is 17.1 Å². The first-order chi connectivity index (χ1) is 16.5. The Morgan fingerprint density at radius 1 is 1.09 bits per heavy atom. The largest absolute Gasteiger partial charge is 0.497 e. The maximum atomic E-state index is 12.7. The number of nitrogens with zero attached hydrogens (tertiary/aromatic N) is 4. The van der Waals surface area contributed by atoms with Gasteiger partial charge in [-0.1, -0.05) is 24.3 Å². The lowest BCUT2D eigenvalue weighted by Crippen LogP contribution is -2.12. The van der Waals surface area contributed by atoms with Crippen molar-refractivity contribution in [2.75, 3.05) is 19.0 Å². The van der Waals surface area contributed by atoms with Crippen molar-refractivity contribution in [1.82, 2.24) is 14.8 Å². The smallest absolute Gasteiger partial charge is 0.336 e. The Labute approximate surface area is 194 Å². The highest BCUT2D eigenvalue weighted by molar-refractivity contribution is 6.04. The third-order valence-corrected chi connectivity index (χ3v) is 4.86. The summed E-state index contributed by atoms with van der Waals surface area (Å²) in [4.78, 5) is 27.7. The molecular weight excluding hydrogens is 438 g/mol. The Morgan fingerprint density at radius 2 is 1.88 bits per heavy atom. The molecule has 0 fully saturated rings. The number of nitro benzene ring substituents is 1. The summed E-state index contributed by atoms with van der Waals surface area (Å²) in [5, 5.41) is 18.2. The zero-order chi connectivity index (χ0) is 24.1. The van der Waals surface area contributed by atoms with Crippen LogP contribution in [0.4, 0.5) is 11.4 Å². The molecule has 0 spiro atoms. The van der Waals surface area contributed by atoms with E-state index in [1.807, 2.05) is 37.3 Å². The number of nitrogens with one attached hydrogen (secondary N) is 1. The molecule has 0 unspecified atom stereocenters. The summed E-state index contributed by atoms with van der Waals surface area (Å²) in [6.45, 7) is 2.25. The maximum absolute atomic E-state index is 12.7. The Balaban J connectivity index is 1.68. The molecule has 1 N–H and O–H groups in total. The Kier molecular flexibility index (Phi) is 6.49. The molecule has 34 heavy (non-hydrogen) atoms. The van der Waals surface area contributed by atoms with Gasteiger partial charge in [-0.2, -0.15) is 4.98 Å². The number of carbonyl (C=O) groups is 1. The van der Waals surface area contributed by atoms with Crippen LogP contribution in [-0.4, -0.2) is 39.3 Å². The summed E-state index contributed by atoms with van der Waals surface area (Å²) in [5.41, 5.74) is 1.91. The van der Waals surface area contributed by atoms with Crippen LogP contribution >= 0.6 is 0 Å². The number of carbonyl (C=O) groups excluding carboxylic acids is 1. The normalized spacial score (nSPS) is 10.5. The Bertz CT molecular complexity index is 1350. The molecular formula is C24H21N5O5. The quantitative estimate of drug-likeness (QED) is 0.304. The summed E-state index contributed by atoms with van der Waals surface area (Å²) < 4.78 is 12.5. The van der Waals surface area contributed by atoms with E-state index in [0.717, 1.165) is 5.56 Å². The van der Waals surface area contributed by atoms with E-state index in [2.05, 4.69) is 15.4 Å². The molecule has 1 amide bonds. The lowest BCUT2D eigenvalue weighted by Gasteiger charge is -2.10. The van der Waals surface area contributed by atoms with Gasteiger partial charge in [-0.15, -0.1) is 5.10 Å². The number of amides is 1. The SMILES string of the molecule is CCOc1nc(-c2cccc(OC)c2)n(-c2cccc(NC(=O)c3cccc([N+](=O)[O-])c3)c2)n1. The van der Waals surface area contributed by atoms with Crippen molar-refractivity contribution < 1.29 is 19.2 Å². The van der Waals surface area contributed by atoms with E-state index < -0.39 is 10.8 Å². The monoisotopic (exact) mass is 459 g/mol. The fourth-order valence-corrected chi connectivity index (χ4v) is 3.29. The first kappa shape index (κ1) is 22.5. The van der Waals surface area contributed by atoms with Crippen LogP contribution in [0.3, 0.4) is 0 Å². The zero-order valence-corrected chi connectivity index (χ0v) is 18.5. The van der Waals surface area contributed by atoms with Gasteiger partial charge in [0.2, 0.25) is 0 Å². The molecule has 0 aliphatic heterocycles. The standard InChI is InChI=1S/C24H21N5O5/c1-3-34-24-26-22(16-7-5-12-21(14-16)33-2)28(27-24)19-10-6-9-18(15-19)25-23(30)17-8-4-11-20(13-17)29(31)32/h4-15H,3H2,1-2H3,(H,25,30). The molecule has 3 aromatic carbocycles. The molecule has 0 aliphatic rings. The number of anilines is 1. The van der Waals surface area contributed by atoms with Gasteiger partial charge in [-0.3, -0.25) is 14.9 Å². The second kappa shape index (κ2) is 9.82. The van der Waals surface area contributed by atoms with Crippen molar-refractivity contribution in [2.24, 2.45) is 0 Å². The van der Waals surface area contributed by atoms with Gasteiger partial charge >= 0.3 is 6.01 Å². The number of methoxy groups -OCH3 is 1. The van der Waals surface area contributed by atoms with Crippen LogP contribution in [0.2, 0.25) is 0 Å². The van der Waals surface area contributed by atoms with E-state index in [-0.39, 0.29) is 17.3 Å². The number of benzene rings is 3. The predicted octanol–water partition coefficient (Wildman–Crippen LogP) is 4.50. The van der Waals surface area contributed by atoms with Crippen LogP contribution in [0.1, 0.15) is 17.3 Å². The lowest BCUT2D eigenvalue weighted by atomic mass is 10.1. The number of nitro groups is 1. The van der Waals surface area contributed by atoms with Crippen LogP contribution in [0.5, 0.6) is 11.8 Å². The molecule has 10 nitrogen and oxygen atoms in total. The molecule has 0 bridgehead atoms. The molecule has 1 heterocycles. The van der Waals surface area contributed by atoms with Gasteiger partial charge in [0.1, 0.15) is 5.75 Å². The summed E-state index contributed by atoms with van der Waals surface area (Å²) >= 11 is 0. The number of hydrogen-bond donors (Lipinski definition) is 1. The van der Waals surface area contributed by atoms with Gasteiger partial charge in [0.05, 0.1) is 24.3 Å². The highest BCUT2D eigenvalue weighted by Gasteiger charge is 2.17. The van der Waals surface area contributed by atoms with Gasteiger partial charge in [-0.05, 0) is 43.3 Å². The minimum Gasteiger partial charge on any atom is -0.497 e. The van der Waals surface area contributed by atoms with Gasteiger partial charge in [0.15, 0.2) is 5.82 Å². The molecule has 0 aliphatic carbocycles. The fourth-order valence-electron chi connectivity index (χ4n) is 3.29. The van der Waals surface area contributed by atoms with E-state index in [4.69, 9.17) is 9.47 Å². The van der Waals surface area contributed by atoms with Crippen molar-refractivity contribution in [3.05, 3.63) is 88.5 Å². The molecule has 0 atom stereocenters. The van der Waals surface area contributed by atoms with Crippen LogP contribution < -0.4 is 14.8 Å². The first-order valence-electron chi connectivity index (χ1n) is 10.4. The molecule has 0 saturated heterocycles. The third kappa shape index (κ3) is 4.85. The molecule has 172 valence electrons. The average Bonchev–Trinajstić information content (AvgIpc) is 3.28. The lowest BCUT2D eigenvalue weighted by molar-refractivity contribution is -0.384. The first-order valence-corrected chi connectivity index (χ1v) is 10.4. The van der Waals surface area contributed by atoms with Crippen LogP contribution in [0, 0.1) is 10.1 Å². The molecule has 4 rings (SSSR count). The minimum atomic E-state index is -0.543. The van der Waals surface area contributed by atoms with E-state index in [9.17, 15) is 14.9 Å². The molecule has 4 aromatic rings. The molecule has 10 heteroatoms. The fraction of sp³-hybridized carbons (Fsp3) is 0.125. The highest BCUT2D eigenvalue weighted by atomic mass is 16.6. The van der Waals surface area contributed by atoms with Gasteiger partial charge in [-0.25, -0.2) is 4.68 Å². The molecule has 1 aromatic heterocycles. The van der Waals surface area contributed by atoms with Crippen molar-refractivity contribution in [1.29, 1.82) is 0 Å². The number of hydrogen-bond acceptors (Lipinski definition) is 7. The van der Waals surface area contributed by atoms with E-state index in [1.165, 1.54) is 24.3 Å². The summed E-state index contributed by atoms with van der Waals surface area (Å²) in [6, 6.07) is 20.2. The third-order valence-electron chi connectivity index (χ3n) is 4.86. The molecule has 0 radical (unpaired) electrons. The van der Waals surface area contributed by atoms with Crippen LogP contribution in [-0.2, 0) is 0 Å². The predicted molar refractivity (Wildman–Crippen MR) is 126 cm³/mol. The van der Waals surface area contributed by atoms with Gasteiger partial charge < -0.3 is 14.8 Å². The minimum absolute atomic E-state index is 0.157. The second-order valence-corrected chi connectivity index (χ2v) is 7.11. The second-order valence-electron chi connectivity index (χ2n) is 7.11. The van der Waals surface area contributed by atoms with Crippen LogP contribution in [0.15, 0.2) is 72.8 Å². The number of rotatable bonds is 8. The van der Waals surface area contributed by atoms with Crippen molar-refractivity contribution in [2.45, 2.75) is 6.92 Å². The Morgan fingerprint density at radius 3 is 2.65 bits per heavy atom. The average molecular weight is 459 g/mol. The van der Waals surface area contributed by atoms with Crippen molar-refractivity contribution in [3.63, 3.8) is 0 Å². The van der Waals surface area contributed by atoms with E-state index in [1.54, 1.807) is 30.0 Å². The summed E-state index contributed by atoms with van der Waals surface area (Å²) in [7, 11) is 1.59. The van der Waals surface area contributed by atoms with Gasteiger partial charge in [0.25, 0.3) is 11.6 Å². The number of ether oxygens (including phenoxy) is 2. The van der Waals surface area contributed by atoms with E-state index >= 15 is 0 Å². The van der Waals surface area contributed by atoms with E-state index in [0.29, 0.717) is 29.6 Å². The van der Waals surface area contributed by atoms with Crippen molar-refractivity contribution >= 4 is 17.3 Å². The highest BCUT2D eigenvalue weighted by Crippen LogP contribution is 2.27. The number of non-ortho nitro benzene ring substituents is 1. The maximum Gasteiger partial charge on any atom is 0.336 e. The zero-order valence-electron chi connectivity index (χ0n) is 18.5. The molecule has 0 saturated carbocycles. The summed E-state index contributed by atoms with van der Waals surface area (Å²) in [5.74, 6) is 0.731. The summed E-state index contributed by atoms with van der Waals surface area (Å²) in [6.07, 6.45) is 0. The Hall–Kier alpha value is -4.73. The number of aromatic nitrogens is 3. The topological polar surface area (TPSA) is 121 Å². The van der Waals surface area contributed by atoms with Crippen molar-refractivity contribution in [3.8, 4) is 28.8 Å². The van der Waals surface area contributed by atoms with Gasteiger partial charge in [0, 0.05) is 28.9 Å².